The quantitative estimate of drug-likeness (QED) is 0.414. The fraction of sp³-hybridized carbons (Fsp3) is 0.667. The highest BCUT2D eigenvalue weighted by Gasteiger charge is 2.23. The number of hydrogen-bond acceptors (Lipinski definition) is 7. The largest absolute Gasteiger partial charge is 0.396 e. The van der Waals surface area contributed by atoms with Crippen molar-refractivity contribution in [1.29, 1.82) is 0 Å². The molecule has 0 aliphatic carbocycles. The van der Waals surface area contributed by atoms with Crippen LogP contribution in [0, 0.1) is 25.6 Å². The van der Waals surface area contributed by atoms with Crippen molar-refractivity contribution >= 4 is 17.1 Å². The second-order valence-corrected chi connectivity index (χ2v) is 7.89. The average Bonchev–Trinajstić information content (AvgIpc) is 2.53. The molecule has 0 unspecified atom stereocenters. The maximum absolute atomic E-state index is 11.2. The average molecular weight is 383 g/mol. The summed E-state index contributed by atoms with van der Waals surface area (Å²) >= 11 is 0. The van der Waals surface area contributed by atoms with Gasteiger partial charge < -0.3 is 15.2 Å². The Morgan fingerprint density at radius 1 is 1.07 bits per heavy atom. The molecule has 9 heteroatoms. The zero-order valence-corrected chi connectivity index (χ0v) is 16.4. The van der Waals surface area contributed by atoms with Gasteiger partial charge in [-0.05, 0) is 44.6 Å². The monoisotopic (exact) mass is 383 g/mol. The van der Waals surface area contributed by atoms with Gasteiger partial charge in [-0.2, -0.15) is 0 Å². The van der Waals surface area contributed by atoms with E-state index in [0.717, 1.165) is 18.9 Å². The van der Waals surface area contributed by atoms with Gasteiger partial charge in [0.15, 0.2) is 0 Å². The molecule has 0 spiro atoms. The summed E-state index contributed by atoms with van der Waals surface area (Å²) in [6.07, 6.45) is 2.11. The molecule has 0 saturated heterocycles. The van der Waals surface area contributed by atoms with Crippen molar-refractivity contribution in [2.75, 3.05) is 25.1 Å². The van der Waals surface area contributed by atoms with E-state index in [1.807, 2.05) is 13.8 Å². The zero-order valence-electron chi connectivity index (χ0n) is 16.4. The lowest BCUT2D eigenvalue weighted by atomic mass is 9.86. The third-order valence-electron chi connectivity index (χ3n) is 4.49. The first-order chi connectivity index (χ1) is 12.5. The van der Waals surface area contributed by atoms with Crippen LogP contribution >= 0.6 is 0 Å². The molecule has 0 bridgehead atoms. The minimum atomic E-state index is -0.655. The number of aliphatic hydroxyl groups is 1. The summed E-state index contributed by atoms with van der Waals surface area (Å²) in [5.74, 6) is 0. The molecule has 0 aromatic heterocycles. The molecule has 0 fully saturated rings. The molecule has 1 rings (SSSR count). The van der Waals surface area contributed by atoms with Crippen LogP contribution in [0.5, 0.6) is 0 Å². The van der Waals surface area contributed by atoms with E-state index >= 15 is 0 Å². The van der Waals surface area contributed by atoms with E-state index in [1.165, 1.54) is 12.1 Å². The second kappa shape index (κ2) is 9.61. The molecular weight excluding hydrogens is 354 g/mol. The molecule has 27 heavy (non-hydrogen) atoms. The van der Waals surface area contributed by atoms with Crippen LogP contribution < -0.4 is 5.32 Å². The van der Waals surface area contributed by atoms with Gasteiger partial charge in [0, 0.05) is 25.8 Å². The molecule has 0 aliphatic heterocycles. The molecule has 0 saturated carbocycles. The van der Waals surface area contributed by atoms with Gasteiger partial charge in [-0.15, -0.1) is 0 Å². The van der Waals surface area contributed by atoms with Gasteiger partial charge in [0.2, 0.25) is 0 Å². The Labute approximate surface area is 159 Å². The normalized spacial score (nSPS) is 12.0. The number of hydrogen-bond donors (Lipinski definition) is 2. The van der Waals surface area contributed by atoms with E-state index in [0.29, 0.717) is 19.6 Å². The molecule has 0 atom stereocenters. The van der Waals surface area contributed by atoms with Crippen LogP contribution in [-0.2, 0) is 4.74 Å². The van der Waals surface area contributed by atoms with Gasteiger partial charge in [0.1, 0.15) is 5.69 Å². The van der Waals surface area contributed by atoms with Gasteiger partial charge in [0.05, 0.1) is 21.5 Å². The summed E-state index contributed by atoms with van der Waals surface area (Å²) in [6.45, 7) is 9.16. The minimum Gasteiger partial charge on any atom is -0.396 e. The molecule has 9 nitrogen and oxygen atoms in total. The Kier molecular flexibility index (Phi) is 8.11. The van der Waals surface area contributed by atoms with E-state index in [4.69, 9.17) is 9.84 Å². The van der Waals surface area contributed by atoms with Crippen LogP contribution in [0.15, 0.2) is 18.2 Å². The molecule has 1 aromatic carbocycles. The first-order valence-electron chi connectivity index (χ1n) is 8.89. The molecule has 1 aromatic rings. The predicted molar refractivity (Wildman–Crippen MR) is 103 cm³/mol. The zero-order chi connectivity index (χ0) is 20.7. The SMILES string of the molecule is CC(C)(CCNc1ccc([N+](=O)[O-])cc1[N+](=O)[O-])CCOC(C)(C)CCO. The van der Waals surface area contributed by atoms with Crippen molar-refractivity contribution in [3.05, 3.63) is 38.4 Å². The predicted octanol–water partition coefficient (Wildman–Crippen LogP) is 3.90. The van der Waals surface area contributed by atoms with Crippen LogP contribution in [0.2, 0.25) is 0 Å². The van der Waals surface area contributed by atoms with Crippen LogP contribution in [0.3, 0.4) is 0 Å². The fourth-order valence-corrected chi connectivity index (χ4v) is 2.54. The number of rotatable bonds is 12. The molecular formula is C18H29N3O6. The smallest absolute Gasteiger partial charge is 0.299 e. The highest BCUT2D eigenvalue weighted by molar-refractivity contribution is 5.65. The van der Waals surface area contributed by atoms with Crippen LogP contribution in [0.1, 0.15) is 47.0 Å². The molecule has 0 amide bonds. The van der Waals surface area contributed by atoms with Crippen molar-refractivity contribution in [2.45, 2.75) is 52.6 Å². The lowest BCUT2D eigenvalue weighted by Crippen LogP contribution is -2.28. The van der Waals surface area contributed by atoms with Gasteiger partial charge in [0.25, 0.3) is 11.4 Å². The molecule has 2 N–H and O–H groups in total. The first kappa shape index (κ1) is 22.8. The van der Waals surface area contributed by atoms with Crippen molar-refractivity contribution < 1.29 is 19.7 Å². The Hall–Kier alpha value is -2.26. The summed E-state index contributed by atoms with van der Waals surface area (Å²) in [6, 6.07) is 3.58. The van der Waals surface area contributed by atoms with Gasteiger partial charge in [-0.1, -0.05) is 13.8 Å². The maximum atomic E-state index is 11.2. The molecule has 0 heterocycles. The Morgan fingerprint density at radius 2 is 1.74 bits per heavy atom. The lowest BCUT2D eigenvalue weighted by Gasteiger charge is -2.29. The number of ether oxygens (including phenoxy) is 1. The minimum absolute atomic E-state index is 0.0577. The molecule has 0 aliphatic rings. The van der Waals surface area contributed by atoms with Gasteiger partial charge >= 0.3 is 0 Å². The van der Waals surface area contributed by atoms with E-state index in [9.17, 15) is 20.2 Å². The number of aliphatic hydroxyl groups excluding tert-OH is 1. The summed E-state index contributed by atoms with van der Waals surface area (Å²) < 4.78 is 5.82. The number of benzene rings is 1. The van der Waals surface area contributed by atoms with E-state index < -0.39 is 9.85 Å². The van der Waals surface area contributed by atoms with Crippen LogP contribution in [-0.4, -0.2) is 40.3 Å². The first-order valence-corrected chi connectivity index (χ1v) is 8.89. The molecule has 0 radical (unpaired) electrons. The standard InChI is InChI=1S/C18H29N3O6/c1-17(2,9-12-27-18(3,4)8-11-22)7-10-19-15-6-5-14(20(23)24)13-16(15)21(25)26/h5-6,13,19,22H,7-12H2,1-4H3. The van der Waals surface area contributed by atoms with Crippen molar-refractivity contribution in [2.24, 2.45) is 5.41 Å². The van der Waals surface area contributed by atoms with Crippen molar-refractivity contribution in [3.8, 4) is 0 Å². The van der Waals surface area contributed by atoms with Crippen molar-refractivity contribution in [1.82, 2.24) is 0 Å². The Morgan fingerprint density at radius 3 is 2.30 bits per heavy atom. The van der Waals surface area contributed by atoms with E-state index in [2.05, 4.69) is 19.2 Å². The van der Waals surface area contributed by atoms with Crippen molar-refractivity contribution in [3.63, 3.8) is 0 Å². The Balaban J connectivity index is 2.58. The lowest BCUT2D eigenvalue weighted by molar-refractivity contribution is -0.393. The summed E-state index contributed by atoms with van der Waals surface area (Å²) in [5.41, 5.74) is -0.784. The third-order valence-corrected chi connectivity index (χ3v) is 4.49. The van der Waals surface area contributed by atoms with Crippen LogP contribution in [0.25, 0.3) is 0 Å². The summed E-state index contributed by atoms with van der Waals surface area (Å²) in [4.78, 5) is 20.7. The fourth-order valence-electron chi connectivity index (χ4n) is 2.54. The number of nitro benzene ring substituents is 2. The number of nitrogens with one attached hydrogen (secondary N) is 1. The van der Waals surface area contributed by atoms with Crippen LogP contribution in [0.4, 0.5) is 17.1 Å². The van der Waals surface area contributed by atoms with Gasteiger partial charge in [-0.3, -0.25) is 20.2 Å². The number of anilines is 1. The molecule has 152 valence electrons. The van der Waals surface area contributed by atoms with Gasteiger partial charge in [-0.25, -0.2) is 0 Å². The summed E-state index contributed by atoms with van der Waals surface area (Å²) in [5, 5.41) is 34.0. The highest BCUT2D eigenvalue weighted by Crippen LogP contribution is 2.31. The summed E-state index contributed by atoms with van der Waals surface area (Å²) in [7, 11) is 0. The number of nitrogens with zero attached hydrogens (tertiary/aromatic N) is 2. The number of nitro groups is 2. The highest BCUT2D eigenvalue weighted by atomic mass is 16.6. The topological polar surface area (TPSA) is 128 Å². The Bertz CT molecular complexity index is 660. The third kappa shape index (κ3) is 7.88. The maximum Gasteiger partial charge on any atom is 0.299 e. The second-order valence-electron chi connectivity index (χ2n) is 7.89. The number of non-ortho nitro benzene ring substituents is 1. The van der Waals surface area contributed by atoms with E-state index in [-0.39, 0.29) is 34.7 Å². The van der Waals surface area contributed by atoms with E-state index in [1.54, 1.807) is 0 Å².